The van der Waals surface area contributed by atoms with E-state index in [9.17, 15) is 4.89 Å². The van der Waals surface area contributed by atoms with E-state index in [0.717, 1.165) is 18.7 Å². The van der Waals surface area contributed by atoms with E-state index in [2.05, 4.69) is 20.8 Å². The molecule has 0 aliphatic carbocycles. The largest absolute Gasteiger partial charge is 0.374 e. The lowest BCUT2D eigenvalue weighted by Crippen LogP contribution is -1.95. The summed E-state index contributed by atoms with van der Waals surface area (Å²) in [6.07, 6.45) is 3.16. The topological polar surface area (TPSA) is 20.2 Å². The van der Waals surface area contributed by atoms with Crippen molar-refractivity contribution in [1.29, 1.82) is 0 Å². The second-order valence-corrected chi connectivity index (χ2v) is 4.63. The molecule has 0 radical (unpaired) electrons. The van der Waals surface area contributed by atoms with Crippen LogP contribution >= 0.6 is 8.15 Å². The van der Waals surface area contributed by atoms with E-state index in [1.165, 1.54) is 0 Å². The van der Waals surface area contributed by atoms with Crippen molar-refractivity contribution in [2.24, 2.45) is 5.92 Å². The lowest BCUT2D eigenvalue weighted by Gasteiger charge is -2.10. The molecule has 9 heavy (non-hydrogen) atoms. The summed E-state index contributed by atoms with van der Waals surface area (Å²) in [7, 11) is -0.620. The van der Waals surface area contributed by atoms with Crippen LogP contribution in [0.5, 0.6) is 0 Å². The molecule has 0 fully saturated rings. The maximum atomic E-state index is 9.28. The fraction of sp³-hybridized carbons (Fsp3) is 1.00. The highest BCUT2D eigenvalue weighted by atomic mass is 31.1. The second kappa shape index (κ2) is 5.20. The number of hydrogen-bond acceptors (Lipinski definition) is 1. The van der Waals surface area contributed by atoms with Crippen molar-refractivity contribution in [1.82, 2.24) is 0 Å². The van der Waals surface area contributed by atoms with Gasteiger partial charge in [-0.1, -0.05) is 27.2 Å². The average molecular weight is 148 g/mol. The first kappa shape index (κ1) is 9.39. The van der Waals surface area contributed by atoms with Gasteiger partial charge < -0.3 is 4.89 Å². The summed E-state index contributed by atoms with van der Waals surface area (Å²) in [5, 5.41) is 0. The van der Waals surface area contributed by atoms with Gasteiger partial charge >= 0.3 is 0 Å². The van der Waals surface area contributed by atoms with E-state index in [4.69, 9.17) is 0 Å². The molecule has 0 rings (SSSR count). The van der Waals surface area contributed by atoms with Crippen LogP contribution in [0.15, 0.2) is 0 Å². The van der Waals surface area contributed by atoms with Crippen molar-refractivity contribution in [3.8, 4) is 0 Å². The molecular weight excluding hydrogens is 131 g/mol. The van der Waals surface area contributed by atoms with Gasteiger partial charge in [0, 0.05) is 8.15 Å². The van der Waals surface area contributed by atoms with Crippen LogP contribution in [0.1, 0.15) is 27.2 Å². The Kier molecular flexibility index (Phi) is 5.42. The van der Waals surface area contributed by atoms with Gasteiger partial charge in [-0.3, -0.25) is 0 Å². The highest BCUT2D eigenvalue weighted by Gasteiger charge is 2.03. The third-order valence-corrected chi connectivity index (χ3v) is 3.17. The van der Waals surface area contributed by atoms with Gasteiger partial charge in [-0.2, -0.15) is 0 Å². The molecular formula is C7H17OP. The Bertz CT molecular complexity index is 63.9. The van der Waals surface area contributed by atoms with Crippen LogP contribution in [0.3, 0.4) is 0 Å². The minimum Gasteiger partial charge on any atom is -0.374 e. The summed E-state index contributed by atoms with van der Waals surface area (Å²) < 4.78 is 0. The molecule has 1 unspecified atom stereocenters. The Labute approximate surface area is 59.3 Å². The molecule has 0 heterocycles. The first-order valence-corrected chi connectivity index (χ1v) is 5.27. The molecule has 56 valence electrons. The predicted octanol–water partition coefficient (Wildman–Crippen LogP) is 2.44. The zero-order valence-electron chi connectivity index (χ0n) is 6.59. The maximum absolute atomic E-state index is 9.28. The van der Waals surface area contributed by atoms with Gasteiger partial charge in [0.15, 0.2) is 0 Å². The predicted molar refractivity (Wildman–Crippen MR) is 44.0 cm³/mol. The molecule has 2 heteroatoms. The van der Waals surface area contributed by atoms with Gasteiger partial charge in [0.05, 0.1) is 0 Å². The quantitative estimate of drug-likeness (QED) is 0.607. The molecule has 0 amide bonds. The van der Waals surface area contributed by atoms with Crippen molar-refractivity contribution in [2.75, 3.05) is 12.3 Å². The highest BCUT2D eigenvalue weighted by Crippen LogP contribution is 2.32. The van der Waals surface area contributed by atoms with Gasteiger partial charge in [0.1, 0.15) is 0 Å². The van der Waals surface area contributed by atoms with E-state index in [1.807, 2.05) is 0 Å². The monoisotopic (exact) mass is 148 g/mol. The summed E-state index contributed by atoms with van der Waals surface area (Å²) in [4.78, 5) is 9.28. The van der Waals surface area contributed by atoms with E-state index in [-0.39, 0.29) is 0 Å². The zero-order chi connectivity index (χ0) is 7.28. The molecule has 0 saturated heterocycles. The minimum atomic E-state index is -0.620. The van der Waals surface area contributed by atoms with E-state index >= 15 is 0 Å². The van der Waals surface area contributed by atoms with E-state index in [0.29, 0.717) is 5.92 Å². The first-order chi connectivity index (χ1) is 4.16. The van der Waals surface area contributed by atoms with Crippen LogP contribution in [-0.4, -0.2) is 17.2 Å². The SMILES string of the molecule is CCCP(O)CC(C)C. The van der Waals surface area contributed by atoms with E-state index in [1.54, 1.807) is 0 Å². The third kappa shape index (κ3) is 6.27. The molecule has 0 aliphatic rings. The summed E-state index contributed by atoms with van der Waals surface area (Å²) in [5.41, 5.74) is 0. The molecule has 0 bridgehead atoms. The van der Waals surface area contributed by atoms with Crippen molar-refractivity contribution in [3.63, 3.8) is 0 Å². The summed E-state index contributed by atoms with van der Waals surface area (Å²) >= 11 is 0. The Morgan fingerprint density at radius 1 is 1.44 bits per heavy atom. The van der Waals surface area contributed by atoms with Crippen LogP contribution in [0.25, 0.3) is 0 Å². The third-order valence-electron chi connectivity index (χ3n) is 1.06. The van der Waals surface area contributed by atoms with Crippen molar-refractivity contribution in [3.05, 3.63) is 0 Å². The minimum absolute atomic E-state index is 0.620. The maximum Gasteiger partial charge on any atom is 0.0253 e. The fourth-order valence-corrected chi connectivity index (χ4v) is 2.31. The molecule has 1 N–H and O–H groups in total. The van der Waals surface area contributed by atoms with Gasteiger partial charge in [0.2, 0.25) is 0 Å². The first-order valence-electron chi connectivity index (χ1n) is 3.60. The van der Waals surface area contributed by atoms with Crippen LogP contribution in [0.2, 0.25) is 0 Å². The molecule has 1 atom stereocenters. The summed E-state index contributed by atoms with van der Waals surface area (Å²) in [5.74, 6) is 0.660. The molecule has 0 aromatic heterocycles. The number of rotatable bonds is 4. The Morgan fingerprint density at radius 3 is 2.33 bits per heavy atom. The van der Waals surface area contributed by atoms with Crippen molar-refractivity contribution in [2.45, 2.75) is 27.2 Å². The highest BCUT2D eigenvalue weighted by molar-refractivity contribution is 7.51. The summed E-state index contributed by atoms with van der Waals surface area (Å²) in [6.45, 7) is 6.42. The molecule has 0 saturated carbocycles. The van der Waals surface area contributed by atoms with Gasteiger partial charge in [-0.25, -0.2) is 0 Å². The molecule has 0 spiro atoms. The van der Waals surface area contributed by atoms with Crippen LogP contribution < -0.4 is 0 Å². The second-order valence-electron chi connectivity index (χ2n) is 2.81. The Hall–Kier alpha value is 0.390. The normalized spacial score (nSPS) is 14.3. The van der Waals surface area contributed by atoms with Gasteiger partial charge in [0.25, 0.3) is 0 Å². The average Bonchev–Trinajstić information content (AvgIpc) is 1.63. The lowest BCUT2D eigenvalue weighted by molar-refractivity contribution is 0.601. The standard InChI is InChI=1S/C7H17OP/c1-4-5-9(8)6-7(2)3/h7-8H,4-6H2,1-3H3. The van der Waals surface area contributed by atoms with Crippen molar-refractivity contribution < 1.29 is 4.89 Å². The van der Waals surface area contributed by atoms with E-state index < -0.39 is 8.15 Å². The van der Waals surface area contributed by atoms with Gasteiger partial charge in [-0.05, 0) is 18.2 Å². The smallest absolute Gasteiger partial charge is 0.0253 e. The summed E-state index contributed by atoms with van der Waals surface area (Å²) in [6, 6.07) is 0. The Morgan fingerprint density at radius 2 is 2.00 bits per heavy atom. The number of hydrogen-bond donors (Lipinski definition) is 1. The van der Waals surface area contributed by atoms with Crippen molar-refractivity contribution >= 4 is 8.15 Å². The zero-order valence-corrected chi connectivity index (χ0v) is 7.49. The molecule has 0 aromatic rings. The Balaban J connectivity index is 3.15. The van der Waals surface area contributed by atoms with Crippen LogP contribution in [-0.2, 0) is 0 Å². The molecule has 0 aliphatic heterocycles. The van der Waals surface area contributed by atoms with Crippen LogP contribution in [0.4, 0.5) is 0 Å². The lowest BCUT2D eigenvalue weighted by atomic mass is 10.3. The van der Waals surface area contributed by atoms with Crippen LogP contribution in [0, 0.1) is 5.92 Å². The molecule has 1 nitrogen and oxygen atoms in total. The van der Waals surface area contributed by atoms with Gasteiger partial charge in [-0.15, -0.1) is 0 Å². The fourth-order valence-electron chi connectivity index (χ4n) is 0.771. The molecule has 0 aromatic carbocycles.